The molecule has 7 heteroatoms. The van der Waals surface area contributed by atoms with E-state index in [0.29, 0.717) is 23.0 Å². The van der Waals surface area contributed by atoms with Crippen molar-refractivity contribution in [1.29, 1.82) is 0 Å². The molecule has 134 valence electrons. The van der Waals surface area contributed by atoms with Crippen LogP contribution in [0, 0.1) is 5.92 Å². The number of hydrogen-bond donors (Lipinski definition) is 2. The first-order chi connectivity index (χ1) is 11.9. The van der Waals surface area contributed by atoms with E-state index >= 15 is 0 Å². The van der Waals surface area contributed by atoms with Crippen LogP contribution in [0.3, 0.4) is 0 Å². The average molecular weight is 381 g/mol. The Bertz CT molecular complexity index is 761. The molecule has 0 spiro atoms. The molecule has 1 saturated heterocycles. The van der Waals surface area contributed by atoms with Gasteiger partial charge in [0.2, 0.25) is 5.91 Å². The van der Waals surface area contributed by atoms with Crippen molar-refractivity contribution in [2.75, 3.05) is 13.1 Å². The van der Waals surface area contributed by atoms with Gasteiger partial charge in [-0.1, -0.05) is 29.3 Å². The molecule has 0 radical (unpaired) electrons. The first-order valence-electron chi connectivity index (χ1n) is 8.37. The average Bonchev–Trinajstić information content (AvgIpc) is 3.18. The Morgan fingerprint density at radius 2 is 2.24 bits per heavy atom. The number of aromatic nitrogens is 2. The Kier molecular flexibility index (Phi) is 5.67. The summed E-state index contributed by atoms with van der Waals surface area (Å²) in [5.74, 6) is 0.129. The number of amides is 1. The van der Waals surface area contributed by atoms with Gasteiger partial charge in [-0.3, -0.25) is 9.48 Å². The number of carbonyl (C=O) groups is 1. The zero-order valence-corrected chi connectivity index (χ0v) is 15.8. The Labute approximate surface area is 157 Å². The summed E-state index contributed by atoms with van der Waals surface area (Å²) in [5.41, 5.74) is 2.08. The summed E-state index contributed by atoms with van der Waals surface area (Å²) in [5, 5.41) is 11.9. The SMILES string of the molecule is CC(Cc1ccc(Cl)cc1Cl)NC(=O)[C@H]1CNC[C@@H]1c1cnn(C)c1. The lowest BCUT2D eigenvalue weighted by atomic mass is 9.90. The van der Waals surface area contributed by atoms with Crippen LogP contribution in [0.25, 0.3) is 0 Å². The van der Waals surface area contributed by atoms with Gasteiger partial charge in [0.05, 0.1) is 12.1 Å². The molecule has 1 aliphatic heterocycles. The van der Waals surface area contributed by atoms with E-state index < -0.39 is 0 Å². The third kappa shape index (κ3) is 4.35. The van der Waals surface area contributed by atoms with Crippen molar-refractivity contribution < 1.29 is 4.79 Å². The van der Waals surface area contributed by atoms with E-state index in [1.54, 1.807) is 10.7 Å². The van der Waals surface area contributed by atoms with E-state index in [1.165, 1.54) is 0 Å². The Balaban J connectivity index is 1.62. The molecule has 0 aliphatic carbocycles. The van der Waals surface area contributed by atoms with Crippen molar-refractivity contribution in [2.45, 2.75) is 25.3 Å². The molecule has 2 N–H and O–H groups in total. The van der Waals surface area contributed by atoms with Crippen LogP contribution in [0.5, 0.6) is 0 Å². The maximum absolute atomic E-state index is 12.7. The summed E-state index contributed by atoms with van der Waals surface area (Å²) in [4.78, 5) is 12.7. The summed E-state index contributed by atoms with van der Waals surface area (Å²) in [6.07, 6.45) is 4.49. The van der Waals surface area contributed by atoms with Gasteiger partial charge in [0.1, 0.15) is 0 Å². The molecule has 1 unspecified atom stereocenters. The van der Waals surface area contributed by atoms with E-state index in [1.807, 2.05) is 38.5 Å². The molecule has 1 aromatic carbocycles. The molecule has 1 fully saturated rings. The monoisotopic (exact) mass is 380 g/mol. The topological polar surface area (TPSA) is 59.0 Å². The molecule has 5 nitrogen and oxygen atoms in total. The van der Waals surface area contributed by atoms with Gasteiger partial charge >= 0.3 is 0 Å². The van der Waals surface area contributed by atoms with Crippen LogP contribution in [-0.4, -0.2) is 34.8 Å². The van der Waals surface area contributed by atoms with Gasteiger partial charge in [0, 0.05) is 48.3 Å². The number of hydrogen-bond acceptors (Lipinski definition) is 3. The molecule has 0 saturated carbocycles. The molecule has 1 aromatic heterocycles. The molecule has 1 amide bonds. The number of halogens is 2. The predicted molar refractivity (Wildman–Crippen MR) is 100 cm³/mol. The van der Waals surface area contributed by atoms with Crippen LogP contribution < -0.4 is 10.6 Å². The second-order valence-electron chi connectivity index (χ2n) is 6.67. The van der Waals surface area contributed by atoms with Gasteiger partial charge in [-0.15, -0.1) is 0 Å². The van der Waals surface area contributed by atoms with Gasteiger partial charge in [-0.25, -0.2) is 0 Å². The smallest absolute Gasteiger partial charge is 0.225 e. The second-order valence-corrected chi connectivity index (χ2v) is 7.51. The van der Waals surface area contributed by atoms with Gasteiger partial charge in [0.25, 0.3) is 0 Å². The van der Waals surface area contributed by atoms with Crippen LogP contribution in [0.1, 0.15) is 24.0 Å². The van der Waals surface area contributed by atoms with E-state index in [2.05, 4.69) is 15.7 Å². The first kappa shape index (κ1) is 18.2. The van der Waals surface area contributed by atoms with Crippen molar-refractivity contribution in [3.8, 4) is 0 Å². The normalized spacial score (nSPS) is 21.3. The number of benzene rings is 1. The zero-order chi connectivity index (χ0) is 18.0. The summed E-state index contributed by atoms with van der Waals surface area (Å²) in [7, 11) is 1.89. The van der Waals surface area contributed by atoms with Crippen molar-refractivity contribution in [2.24, 2.45) is 13.0 Å². The number of nitrogens with zero attached hydrogens (tertiary/aromatic N) is 2. The quantitative estimate of drug-likeness (QED) is 0.838. The number of aryl methyl sites for hydroxylation is 1. The van der Waals surface area contributed by atoms with Crippen LogP contribution in [0.2, 0.25) is 10.0 Å². The van der Waals surface area contributed by atoms with Gasteiger partial charge < -0.3 is 10.6 Å². The molecule has 25 heavy (non-hydrogen) atoms. The predicted octanol–water partition coefficient (Wildman–Crippen LogP) is 2.78. The Morgan fingerprint density at radius 1 is 1.44 bits per heavy atom. The van der Waals surface area contributed by atoms with E-state index in [4.69, 9.17) is 23.2 Å². The minimum atomic E-state index is -0.0904. The molecular formula is C18H22Cl2N4O. The number of nitrogens with one attached hydrogen (secondary N) is 2. The third-order valence-electron chi connectivity index (χ3n) is 4.63. The second kappa shape index (κ2) is 7.77. The van der Waals surface area contributed by atoms with Crippen molar-refractivity contribution in [1.82, 2.24) is 20.4 Å². The van der Waals surface area contributed by atoms with Crippen LogP contribution in [0.4, 0.5) is 0 Å². The molecule has 2 aromatic rings. The van der Waals surface area contributed by atoms with Crippen LogP contribution >= 0.6 is 23.2 Å². The number of carbonyl (C=O) groups excluding carboxylic acids is 1. The van der Waals surface area contributed by atoms with Crippen molar-refractivity contribution in [3.63, 3.8) is 0 Å². The Morgan fingerprint density at radius 3 is 2.92 bits per heavy atom. The minimum Gasteiger partial charge on any atom is -0.353 e. The van der Waals surface area contributed by atoms with Crippen molar-refractivity contribution >= 4 is 29.1 Å². The first-order valence-corrected chi connectivity index (χ1v) is 9.13. The molecular weight excluding hydrogens is 359 g/mol. The maximum Gasteiger partial charge on any atom is 0.225 e. The lowest BCUT2D eigenvalue weighted by molar-refractivity contribution is -0.125. The van der Waals surface area contributed by atoms with Crippen molar-refractivity contribution in [3.05, 3.63) is 51.8 Å². The standard InChI is InChI=1S/C18H22Cl2N4O/c1-11(5-12-3-4-14(19)6-17(12)20)23-18(25)16-9-21-8-15(16)13-7-22-24(2)10-13/h3-4,6-7,10-11,15-16,21H,5,8-9H2,1-2H3,(H,23,25)/t11?,15-,16+/m1/s1. The third-order valence-corrected chi connectivity index (χ3v) is 5.22. The van der Waals surface area contributed by atoms with E-state index in [9.17, 15) is 4.79 Å². The van der Waals surface area contributed by atoms with Crippen LogP contribution in [0.15, 0.2) is 30.6 Å². The highest BCUT2D eigenvalue weighted by molar-refractivity contribution is 6.35. The Hall–Kier alpha value is -1.56. The summed E-state index contributed by atoms with van der Waals surface area (Å²) in [6, 6.07) is 5.44. The fraction of sp³-hybridized carbons (Fsp3) is 0.444. The largest absolute Gasteiger partial charge is 0.353 e. The highest BCUT2D eigenvalue weighted by Gasteiger charge is 2.35. The van der Waals surface area contributed by atoms with Gasteiger partial charge in [0.15, 0.2) is 0 Å². The summed E-state index contributed by atoms with van der Waals surface area (Å²) in [6.45, 7) is 3.46. The van der Waals surface area contributed by atoms with E-state index in [-0.39, 0.29) is 23.8 Å². The number of rotatable bonds is 5. The van der Waals surface area contributed by atoms with Gasteiger partial charge in [-0.2, -0.15) is 5.10 Å². The maximum atomic E-state index is 12.7. The summed E-state index contributed by atoms with van der Waals surface area (Å²) >= 11 is 12.2. The molecule has 0 bridgehead atoms. The van der Waals surface area contributed by atoms with Gasteiger partial charge in [-0.05, 0) is 36.6 Å². The fourth-order valence-corrected chi connectivity index (χ4v) is 3.84. The fourth-order valence-electron chi connectivity index (χ4n) is 3.35. The minimum absolute atomic E-state index is 0.0127. The van der Waals surface area contributed by atoms with Crippen LogP contribution in [-0.2, 0) is 18.3 Å². The molecule has 3 rings (SSSR count). The molecule has 1 aliphatic rings. The highest BCUT2D eigenvalue weighted by Crippen LogP contribution is 2.28. The molecule has 3 atom stereocenters. The highest BCUT2D eigenvalue weighted by atomic mass is 35.5. The summed E-state index contributed by atoms with van der Waals surface area (Å²) < 4.78 is 1.77. The van der Waals surface area contributed by atoms with E-state index in [0.717, 1.165) is 17.7 Å². The zero-order valence-electron chi connectivity index (χ0n) is 14.3. The lowest BCUT2D eigenvalue weighted by Crippen LogP contribution is -2.40. The lowest BCUT2D eigenvalue weighted by Gasteiger charge is -2.21. The molecule has 2 heterocycles.